The van der Waals surface area contributed by atoms with Crippen LogP contribution in [0.1, 0.15) is 20.3 Å². The molecule has 0 rings (SSSR count). The van der Waals surface area contributed by atoms with Gasteiger partial charge in [-0.3, -0.25) is 0 Å². The van der Waals surface area contributed by atoms with Crippen molar-refractivity contribution in [2.75, 3.05) is 12.8 Å². The molecule has 1 atom stereocenters. The van der Waals surface area contributed by atoms with Crippen molar-refractivity contribution in [1.82, 2.24) is 0 Å². The zero-order valence-electron chi connectivity index (χ0n) is 5.83. The van der Waals surface area contributed by atoms with Crippen LogP contribution in [0.15, 0.2) is 0 Å². The van der Waals surface area contributed by atoms with Crippen molar-refractivity contribution in [2.24, 2.45) is 0 Å². The Morgan fingerprint density at radius 2 is 2.11 bits per heavy atom. The third kappa shape index (κ3) is 5.04. The van der Waals surface area contributed by atoms with Crippen LogP contribution in [-0.4, -0.2) is 17.7 Å². The van der Waals surface area contributed by atoms with Gasteiger partial charge in [0.15, 0.2) is 6.49 Å². The van der Waals surface area contributed by atoms with Crippen molar-refractivity contribution < 1.29 is 9.42 Å². The van der Waals surface area contributed by atoms with Crippen LogP contribution in [0, 0.1) is 0 Å². The first-order valence-corrected chi connectivity index (χ1v) is 5.94. The Bertz CT molecular complexity index is 106. The molecule has 1 unspecified atom stereocenters. The molecule has 0 aliphatic rings. The summed E-state index contributed by atoms with van der Waals surface area (Å²) < 4.78 is 4.95. The Balaban J connectivity index is 3.58. The van der Waals surface area contributed by atoms with E-state index in [2.05, 4.69) is 0 Å². The van der Waals surface area contributed by atoms with Gasteiger partial charge in [-0.2, -0.15) is 0 Å². The Hall–Kier alpha value is 0.570. The van der Waals surface area contributed by atoms with Crippen LogP contribution >= 0.6 is 6.49 Å². The molecular formula is C5H13O2PS. The van der Waals surface area contributed by atoms with E-state index in [1.54, 1.807) is 0 Å². The van der Waals surface area contributed by atoms with E-state index in [1.165, 1.54) is 0 Å². The summed E-state index contributed by atoms with van der Waals surface area (Å²) in [6.07, 6.45) is 1.53. The Labute approximate surface area is 61.4 Å². The van der Waals surface area contributed by atoms with E-state index in [4.69, 9.17) is 16.3 Å². The highest BCUT2D eigenvalue weighted by molar-refractivity contribution is 8.09. The predicted molar refractivity (Wildman–Crippen MR) is 43.3 cm³/mol. The third-order valence-electron chi connectivity index (χ3n) is 0.837. The molecular weight excluding hydrogens is 155 g/mol. The highest BCUT2D eigenvalue weighted by Gasteiger charge is 2.09. The van der Waals surface area contributed by atoms with Gasteiger partial charge in [-0.05, 0) is 25.2 Å². The fraction of sp³-hybridized carbons (Fsp3) is 1.00. The van der Waals surface area contributed by atoms with E-state index in [-0.39, 0.29) is 0 Å². The van der Waals surface area contributed by atoms with Crippen molar-refractivity contribution in [3.63, 3.8) is 0 Å². The average molecular weight is 168 g/mol. The van der Waals surface area contributed by atoms with E-state index in [9.17, 15) is 4.89 Å². The summed E-state index contributed by atoms with van der Waals surface area (Å²) >= 11 is 4.79. The molecule has 0 aromatic carbocycles. The highest BCUT2D eigenvalue weighted by Crippen LogP contribution is 2.42. The molecule has 0 aliphatic carbocycles. The SMILES string of the molecule is CCCP(O)(=S)OCC. The third-order valence-corrected chi connectivity index (χ3v) is 3.37. The van der Waals surface area contributed by atoms with Crippen molar-refractivity contribution in [3.05, 3.63) is 0 Å². The zero-order chi connectivity index (χ0) is 7.33. The summed E-state index contributed by atoms with van der Waals surface area (Å²) in [5, 5.41) is 0. The molecule has 2 nitrogen and oxygen atoms in total. The zero-order valence-corrected chi connectivity index (χ0v) is 7.54. The highest BCUT2D eigenvalue weighted by atomic mass is 32.5. The van der Waals surface area contributed by atoms with E-state index in [0.717, 1.165) is 6.42 Å². The second kappa shape index (κ2) is 4.40. The fourth-order valence-electron chi connectivity index (χ4n) is 0.549. The van der Waals surface area contributed by atoms with Crippen molar-refractivity contribution in [2.45, 2.75) is 20.3 Å². The van der Waals surface area contributed by atoms with Gasteiger partial charge in [0.25, 0.3) is 0 Å². The minimum atomic E-state index is -2.36. The first-order valence-electron chi connectivity index (χ1n) is 3.08. The first kappa shape index (κ1) is 9.57. The molecule has 0 radical (unpaired) electrons. The van der Waals surface area contributed by atoms with Gasteiger partial charge in [0, 0.05) is 6.16 Å². The van der Waals surface area contributed by atoms with Gasteiger partial charge in [-0.25, -0.2) is 0 Å². The standard InChI is InChI=1S/C5H13O2PS/c1-3-5-8(6,9)7-4-2/h3-5H2,1-2H3,(H,6,9). The molecule has 9 heavy (non-hydrogen) atoms. The van der Waals surface area contributed by atoms with Crippen LogP contribution in [-0.2, 0) is 16.3 Å². The lowest BCUT2D eigenvalue weighted by molar-refractivity contribution is 0.326. The summed E-state index contributed by atoms with van der Waals surface area (Å²) in [6.45, 7) is 1.99. The van der Waals surface area contributed by atoms with Gasteiger partial charge in [-0.15, -0.1) is 0 Å². The molecule has 1 N–H and O–H groups in total. The molecule has 0 aromatic heterocycles. The van der Waals surface area contributed by atoms with Crippen molar-refractivity contribution in [1.29, 1.82) is 0 Å². The van der Waals surface area contributed by atoms with Crippen LogP contribution in [0.25, 0.3) is 0 Å². The summed E-state index contributed by atoms with van der Waals surface area (Å²) in [7, 11) is 0. The molecule has 0 amide bonds. The Kier molecular flexibility index (Phi) is 4.67. The predicted octanol–water partition coefficient (Wildman–Crippen LogP) is 1.73. The maximum absolute atomic E-state index is 9.22. The maximum Gasteiger partial charge on any atom is 0.186 e. The lowest BCUT2D eigenvalue weighted by Gasteiger charge is -2.12. The lowest BCUT2D eigenvalue weighted by atomic mass is 10.6. The van der Waals surface area contributed by atoms with E-state index < -0.39 is 6.49 Å². The van der Waals surface area contributed by atoms with E-state index >= 15 is 0 Å². The maximum atomic E-state index is 9.22. The quantitative estimate of drug-likeness (QED) is 0.648. The summed E-state index contributed by atoms with van der Waals surface area (Å²) in [5.41, 5.74) is 0. The molecule has 56 valence electrons. The normalized spacial score (nSPS) is 17.2. The minimum absolute atomic E-state index is 0.522. The second-order valence-electron chi connectivity index (χ2n) is 1.78. The molecule has 0 aromatic rings. The molecule has 0 heterocycles. The van der Waals surface area contributed by atoms with E-state index in [0.29, 0.717) is 12.8 Å². The smallest absolute Gasteiger partial charge is 0.186 e. The van der Waals surface area contributed by atoms with Crippen LogP contribution in [0.2, 0.25) is 0 Å². The molecule has 0 aliphatic heterocycles. The summed E-state index contributed by atoms with van der Waals surface area (Å²) in [5.74, 6) is 0. The van der Waals surface area contributed by atoms with Crippen LogP contribution in [0.3, 0.4) is 0 Å². The molecule has 0 spiro atoms. The van der Waals surface area contributed by atoms with Crippen LogP contribution < -0.4 is 0 Å². The fourth-order valence-corrected chi connectivity index (χ4v) is 2.51. The Morgan fingerprint density at radius 3 is 2.44 bits per heavy atom. The topological polar surface area (TPSA) is 29.5 Å². The molecule has 0 saturated heterocycles. The van der Waals surface area contributed by atoms with Crippen molar-refractivity contribution in [3.8, 4) is 0 Å². The van der Waals surface area contributed by atoms with Gasteiger partial charge in [0.2, 0.25) is 0 Å². The van der Waals surface area contributed by atoms with E-state index in [1.807, 2.05) is 13.8 Å². The first-order chi connectivity index (χ1) is 4.12. The van der Waals surface area contributed by atoms with Gasteiger partial charge in [0.1, 0.15) is 0 Å². The van der Waals surface area contributed by atoms with Gasteiger partial charge < -0.3 is 9.42 Å². The van der Waals surface area contributed by atoms with Gasteiger partial charge in [-0.1, -0.05) is 6.92 Å². The van der Waals surface area contributed by atoms with Crippen molar-refractivity contribution >= 4 is 18.3 Å². The average Bonchev–Trinajstić information content (AvgIpc) is 1.64. The summed E-state index contributed by atoms with van der Waals surface area (Å²) in [6, 6.07) is 0. The van der Waals surface area contributed by atoms with Gasteiger partial charge in [0.05, 0.1) is 6.61 Å². The monoisotopic (exact) mass is 168 g/mol. The molecule has 0 bridgehead atoms. The molecule has 0 fully saturated rings. The summed E-state index contributed by atoms with van der Waals surface area (Å²) in [4.78, 5) is 9.22. The number of hydrogen-bond acceptors (Lipinski definition) is 2. The minimum Gasteiger partial charge on any atom is -0.345 e. The van der Waals surface area contributed by atoms with Gasteiger partial charge >= 0.3 is 0 Å². The Morgan fingerprint density at radius 1 is 1.56 bits per heavy atom. The second-order valence-corrected chi connectivity index (χ2v) is 5.47. The largest absolute Gasteiger partial charge is 0.345 e. The molecule has 4 heteroatoms. The lowest BCUT2D eigenvalue weighted by Crippen LogP contribution is -1.91. The number of hydrogen-bond donors (Lipinski definition) is 1. The van der Waals surface area contributed by atoms with Crippen LogP contribution in [0.5, 0.6) is 0 Å². The number of rotatable bonds is 4. The molecule has 0 saturated carbocycles. The van der Waals surface area contributed by atoms with Crippen LogP contribution in [0.4, 0.5) is 0 Å².